The van der Waals surface area contributed by atoms with E-state index >= 15 is 0 Å². The van der Waals surface area contributed by atoms with Crippen molar-refractivity contribution < 1.29 is 14.4 Å². The SMILES string of the molecule is CCCCCCCCCCCCC([C]=O)(C(C)=O)C(C)=O. The first kappa shape index (κ1) is 20.0. The Hall–Kier alpha value is -0.990. The number of unbranched alkanes of at least 4 members (excludes halogenated alkanes) is 9. The van der Waals surface area contributed by atoms with Crippen LogP contribution in [0.2, 0.25) is 0 Å². The third-order valence-corrected chi connectivity index (χ3v) is 4.28. The summed E-state index contributed by atoms with van der Waals surface area (Å²) in [5.41, 5.74) is -1.50. The van der Waals surface area contributed by atoms with E-state index in [1.165, 1.54) is 58.8 Å². The number of hydrogen-bond donors (Lipinski definition) is 0. The maximum Gasteiger partial charge on any atom is 0.220 e. The standard InChI is InChI=1S/C18H31O3/c1-4-5-6-7-8-9-10-11-12-13-14-18(15-19,16(2)20)17(3)21/h4-14H2,1-3H3. The predicted molar refractivity (Wildman–Crippen MR) is 85.9 cm³/mol. The van der Waals surface area contributed by atoms with Gasteiger partial charge in [0.1, 0.15) is 0 Å². The lowest BCUT2D eigenvalue weighted by Crippen LogP contribution is -2.38. The third kappa shape index (κ3) is 7.54. The lowest BCUT2D eigenvalue weighted by atomic mass is 9.77. The summed E-state index contributed by atoms with van der Waals surface area (Å²) in [4.78, 5) is 34.1. The van der Waals surface area contributed by atoms with E-state index in [9.17, 15) is 14.4 Å². The molecule has 0 aliphatic carbocycles. The van der Waals surface area contributed by atoms with Crippen LogP contribution in [0.25, 0.3) is 0 Å². The van der Waals surface area contributed by atoms with Gasteiger partial charge in [-0.2, -0.15) is 0 Å². The van der Waals surface area contributed by atoms with Gasteiger partial charge in [-0.1, -0.05) is 71.1 Å². The summed E-state index contributed by atoms with van der Waals surface area (Å²) in [5, 5.41) is 0. The first-order valence-electron chi connectivity index (χ1n) is 8.42. The van der Waals surface area contributed by atoms with Crippen molar-refractivity contribution in [2.75, 3.05) is 0 Å². The van der Waals surface area contributed by atoms with Crippen molar-refractivity contribution in [2.45, 2.75) is 91.4 Å². The van der Waals surface area contributed by atoms with Gasteiger partial charge in [0.25, 0.3) is 0 Å². The molecule has 0 unspecified atom stereocenters. The van der Waals surface area contributed by atoms with Crippen molar-refractivity contribution >= 4 is 17.9 Å². The van der Waals surface area contributed by atoms with E-state index in [4.69, 9.17) is 0 Å². The topological polar surface area (TPSA) is 51.2 Å². The van der Waals surface area contributed by atoms with E-state index in [1.54, 1.807) is 6.29 Å². The molecule has 0 heterocycles. The molecule has 0 rings (SSSR count). The second kappa shape index (κ2) is 11.6. The van der Waals surface area contributed by atoms with Crippen LogP contribution in [0.3, 0.4) is 0 Å². The monoisotopic (exact) mass is 295 g/mol. The molecule has 0 aliphatic rings. The zero-order chi connectivity index (χ0) is 16.1. The molecule has 0 spiro atoms. The molecule has 0 N–H and O–H groups in total. The average Bonchev–Trinajstić information content (AvgIpc) is 2.44. The van der Waals surface area contributed by atoms with Crippen LogP contribution in [-0.4, -0.2) is 17.9 Å². The highest BCUT2D eigenvalue weighted by Gasteiger charge is 2.40. The summed E-state index contributed by atoms with van der Waals surface area (Å²) < 4.78 is 0. The second-order valence-corrected chi connectivity index (χ2v) is 6.05. The normalized spacial score (nSPS) is 11.4. The zero-order valence-electron chi connectivity index (χ0n) is 14.0. The summed E-state index contributed by atoms with van der Waals surface area (Å²) in [6.07, 6.45) is 13.9. The highest BCUT2D eigenvalue weighted by atomic mass is 16.2. The fourth-order valence-corrected chi connectivity index (χ4v) is 2.67. The van der Waals surface area contributed by atoms with Gasteiger partial charge < -0.3 is 0 Å². The molecule has 1 radical (unpaired) electrons. The maximum atomic E-state index is 11.5. The van der Waals surface area contributed by atoms with Gasteiger partial charge in [-0.25, -0.2) is 0 Å². The van der Waals surface area contributed by atoms with Crippen molar-refractivity contribution in [1.29, 1.82) is 0 Å². The molecule has 3 heteroatoms. The van der Waals surface area contributed by atoms with Gasteiger partial charge in [0.05, 0.1) is 0 Å². The Kier molecular flexibility index (Phi) is 11.1. The Balaban J connectivity index is 3.76. The number of ketones is 2. The van der Waals surface area contributed by atoms with Gasteiger partial charge in [0, 0.05) is 0 Å². The fourth-order valence-electron chi connectivity index (χ4n) is 2.67. The maximum absolute atomic E-state index is 11.5. The van der Waals surface area contributed by atoms with E-state index in [0.717, 1.165) is 19.3 Å². The van der Waals surface area contributed by atoms with Crippen LogP contribution in [0, 0.1) is 5.41 Å². The number of carbonyl (C=O) groups excluding carboxylic acids is 3. The molecule has 0 aromatic heterocycles. The van der Waals surface area contributed by atoms with Gasteiger partial charge >= 0.3 is 0 Å². The largest absolute Gasteiger partial charge is 0.298 e. The summed E-state index contributed by atoms with van der Waals surface area (Å²) in [6, 6.07) is 0. The Morgan fingerprint density at radius 1 is 0.762 bits per heavy atom. The number of Topliss-reactive ketones (excluding diaryl/α,β-unsaturated/α-hetero) is 2. The lowest BCUT2D eigenvalue weighted by Gasteiger charge is -2.20. The van der Waals surface area contributed by atoms with Crippen LogP contribution >= 0.6 is 0 Å². The number of rotatable bonds is 14. The van der Waals surface area contributed by atoms with E-state index < -0.39 is 5.41 Å². The van der Waals surface area contributed by atoms with Gasteiger partial charge in [-0.15, -0.1) is 0 Å². The van der Waals surface area contributed by atoms with Crippen LogP contribution < -0.4 is 0 Å². The van der Waals surface area contributed by atoms with Crippen LogP contribution in [0.15, 0.2) is 0 Å². The van der Waals surface area contributed by atoms with Gasteiger partial charge in [-0.05, 0) is 20.3 Å². The molecule has 0 aromatic carbocycles. The minimum absolute atomic E-state index is 0.317. The molecule has 0 amide bonds. The Morgan fingerprint density at radius 3 is 1.48 bits per heavy atom. The van der Waals surface area contributed by atoms with Gasteiger partial charge in [0.15, 0.2) is 17.0 Å². The van der Waals surface area contributed by atoms with Crippen molar-refractivity contribution in [3.63, 3.8) is 0 Å². The molecule has 3 nitrogen and oxygen atoms in total. The first-order valence-corrected chi connectivity index (χ1v) is 8.42. The molecule has 0 atom stereocenters. The summed E-state index contributed by atoms with van der Waals surface area (Å²) >= 11 is 0. The highest BCUT2D eigenvalue weighted by Crippen LogP contribution is 2.26. The molecule has 21 heavy (non-hydrogen) atoms. The Bertz CT molecular complexity index is 306. The summed E-state index contributed by atoms with van der Waals surface area (Å²) in [6.45, 7) is 4.84. The molecule has 121 valence electrons. The van der Waals surface area contributed by atoms with Crippen molar-refractivity contribution in [3.8, 4) is 0 Å². The van der Waals surface area contributed by atoms with Gasteiger partial charge in [-0.3, -0.25) is 14.4 Å². The van der Waals surface area contributed by atoms with E-state index in [0.29, 0.717) is 6.42 Å². The fraction of sp³-hybridized carbons (Fsp3) is 0.833. The first-order chi connectivity index (χ1) is 10.0. The van der Waals surface area contributed by atoms with Crippen LogP contribution in [0.4, 0.5) is 0 Å². The van der Waals surface area contributed by atoms with Crippen LogP contribution in [0.1, 0.15) is 91.4 Å². The van der Waals surface area contributed by atoms with Crippen molar-refractivity contribution in [3.05, 3.63) is 0 Å². The number of carbonyl (C=O) groups is 2. The zero-order valence-corrected chi connectivity index (χ0v) is 14.0. The second-order valence-electron chi connectivity index (χ2n) is 6.05. The van der Waals surface area contributed by atoms with E-state index in [-0.39, 0.29) is 11.6 Å². The van der Waals surface area contributed by atoms with Crippen molar-refractivity contribution in [1.82, 2.24) is 0 Å². The molecule has 0 bridgehead atoms. The molecule has 0 fully saturated rings. The van der Waals surface area contributed by atoms with Gasteiger partial charge in [0.2, 0.25) is 6.29 Å². The van der Waals surface area contributed by atoms with Crippen LogP contribution in [-0.2, 0) is 14.4 Å². The molecule has 0 saturated heterocycles. The minimum Gasteiger partial charge on any atom is -0.298 e. The highest BCUT2D eigenvalue weighted by molar-refractivity contribution is 6.17. The Morgan fingerprint density at radius 2 is 1.14 bits per heavy atom. The molecular formula is C18H31O3. The van der Waals surface area contributed by atoms with E-state index in [2.05, 4.69) is 6.92 Å². The molecule has 0 aromatic rings. The Labute approximate surface area is 129 Å². The quantitative estimate of drug-likeness (QED) is 0.348. The third-order valence-electron chi connectivity index (χ3n) is 4.28. The minimum atomic E-state index is -1.50. The smallest absolute Gasteiger partial charge is 0.220 e. The molecule has 0 saturated carbocycles. The summed E-state index contributed by atoms with van der Waals surface area (Å²) in [5.74, 6) is -0.748. The lowest BCUT2D eigenvalue weighted by molar-refractivity contribution is -0.134. The average molecular weight is 295 g/mol. The molecular weight excluding hydrogens is 264 g/mol. The number of hydrogen-bond acceptors (Lipinski definition) is 3. The summed E-state index contributed by atoms with van der Waals surface area (Å²) in [7, 11) is 0. The van der Waals surface area contributed by atoms with Crippen molar-refractivity contribution in [2.24, 2.45) is 5.41 Å². The predicted octanol–water partition coefficient (Wildman–Crippen LogP) is 4.57. The van der Waals surface area contributed by atoms with E-state index in [1.807, 2.05) is 0 Å². The molecule has 0 aliphatic heterocycles. The van der Waals surface area contributed by atoms with Crippen LogP contribution in [0.5, 0.6) is 0 Å².